The smallest absolute Gasteiger partial charge is 0.0709 e. The number of rotatable bonds is 0. The highest BCUT2D eigenvalue weighted by Gasteiger charge is 1.99. The first-order valence-electron chi connectivity index (χ1n) is 2.39. The van der Waals surface area contributed by atoms with Gasteiger partial charge in [-0.2, -0.15) is 0 Å². The molecular formula is C6H8N2. The summed E-state index contributed by atoms with van der Waals surface area (Å²) in [5, 5.41) is 9.23. The van der Waals surface area contributed by atoms with Gasteiger partial charge in [-0.15, -0.1) is 0 Å². The zero-order valence-electron chi connectivity index (χ0n) is 4.78. The monoisotopic (exact) mass is 108 g/mol. The Labute approximate surface area is 47.1 Å². The summed E-state index contributed by atoms with van der Waals surface area (Å²) in [4.78, 5) is 0. The largest absolute Gasteiger partial charge is 0.402 e. The van der Waals surface area contributed by atoms with Crippen LogP contribution in [0, 0.1) is 5.41 Å². The molecule has 42 valence electrons. The van der Waals surface area contributed by atoms with Crippen molar-refractivity contribution in [3.8, 4) is 0 Å². The topological polar surface area (TPSA) is 49.9 Å². The van der Waals surface area contributed by atoms with Crippen LogP contribution >= 0.6 is 0 Å². The predicted molar refractivity (Wildman–Crippen MR) is 32.7 cm³/mol. The molecule has 0 aliphatic rings. The molecule has 0 atom stereocenters. The first kappa shape index (κ1) is 5.09. The molecule has 1 aromatic carbocycles. The summed E-state index contributed by atoms with van der Waals surface area (Å²) in [6, 6.07) is 0. The van der Waals surface area contributed by atoms with Crippen molar-refractivity contribution in [3.63, 3.8) is 0 Å². The van der Waals surface area contributed by atoms with Gasteiger partial charge in [-0.1, -0.05) is 6.58 Å². The van der Waals surface area contributed by atoms with Crippen LogP contribution in [0.25, 0.3) is 12.3 Å². The van der Waals surface area contributed by atoms with Gasteiger partial charge in [0, 0.05) is 16.1 Å². The van der Waals surface area contributed by atoms with Gasteiger partial charge >= 0.3 is 0 Å². The standard InChI is InChI=1S/C6H8N2/c1-3-5(4(2)7)6(3)8/h8H,1,7H2,2H3. The summed E-state index contributed by atoms with van der Waals surface area (Å²) in [7, 11) is 0. The fourth-order valence-electron chi connectivity index (χ4n) is 0.662. The molecule has 0 bridgehead atoms. The molecule has 0 amide bonds. The number of hydrogen-bond acceptors (Lipinski definition) is 2. The number of hydrogen-bond donors (Lipinski definition) is 2. The number of nitrogens with one attached hydrogen (secondary N) is 1. The fourth-order valence-corrected chi connectivity index (χ4v) is 0.662. The molecule has 3 N–H and O–H groups in total. The van der Waals surface area contributed by atoms with Gasteiger partial charge in [0.2, 0.25) is 0 Å². The molecule has 0 unspecified atom stereocenters. The predicted octanol–water partition coefficient (Wildman–Crippen LogP) is -1.46. The molecule has 0 saturated carbocycles. The van der Waals surface area contributed by atoms with E-state index in [1.165, 1.54) is 0 Å². The van der Waals surface area contributed by atoms with Crippen molar-refractivity contribution in [1.82, 2.24) is 0 Å². The van der Waals surface area contributed by atoms with Gasteiger partial charge in [0.1, 0.15) is 0 Å². The molecule has 0 spiro atoms. The molecule has 8 heavy (non-hydrogen) atoms. The van der Waals surface area contributed by atoms with Crippen LogP contribution in [0.3, 0.4) is 0 Å². The van der Waals surface area contributed by atoms with Crippen molar-refractivity contribution in [1.29, 1.82) is 5.41 Å². The third kappa shape index (κ3) is 0.461. The Hall–Kier alpha value is -1.05. The molecule has 0 heterocycles. The molecule has 1 aromatic rings. The third-order valence-corrected chi connectivity index (χ3v) is 1.19. The van der Waals surface area contributed by atoms with Crippen LogP contribution in [-0.2, 0) is 0 Å². The normalized spacial score (nSPS) is 14.6. The summed E-state index contributed by atoms with van der Waals surface area (Å²) >= 11 is 0. The lowest BCUT2D eigenvalue weighted by Crippen LogP contribution is -2.07. The summed E-state index contributed by atoms with van der Waals surface area (Å²) in [5.41, 5.74) is 6.06. The second-order valence-electron chi connectivity index (χ2n) is 1.91. The highest BCUT2D eigenvalue weighted by molar-refractivity contribution is 5.41. The Morgan fingerprint density at radius 3 is 2.12 bits per heavy atom. The van der Waals surface area contributed by atoms with Crippen molar-refractivity contribution in [2.24, 2.45) is 5.73 Å². The Kier molecular flexibility index (Phi) is 0.774. The molecule has 0 aliphatic heterocycles. The minimum absolute atomic E-state index is 0.519. The fraction of sp³-hybridized carbons (Fsp3) is 0.167. The van der Waals surface area contributed by atoms with Crippen molar-refractivity contribution in [3.05, 3.63) is 15.8 Å². The number of nitrogens with two attached hydrogens (primary N) is 1. The van der Waals surface area contributed by atoms with Crippen LogP contribution in [0.15, 0.2) is 0 Å². The van der Waals surface area contributed by atoms with E-state index in [4.69, 9.17) is 11.1 Å². The summed E-state index contributed by atoms with van der Waals surface area (Å²) in [6.07, 6.45) is 0. The van der Waals surface area contributed by atoms with Crippen LogP contribution < -0.4 is 21.5 Å². The molecule has 2 nitrogen and oxygen atoms in total. The molecule has 1 rings (SSSR count). The maximum absolute atomic E-state index is 7.07. The first-order chi connectivity index (χ1) is 3.64. The van der Waals surface area contributed by atoms with Crippen molar-refractivity contribution < 1.29 is 0 Å². The van der Waals surface area contributed by atoms with Crippen LogP contribution in [0.4, 0.5) is 0 Å². The highest BCUT2D eigenvalue weighted by atomic mass is 14.6. The lowest BCUT2D eigenvalue weighted by atomic mass is 10.5. The maximum atomic E-state index is 7.07. The zero-order valence-corrected chi connectivity index (χ0v) is 4.78. The van der Waals surface area contributed by atoms with E-state index in [9.17, 15) is 0 Å². The lowest BCUT2D eigenvalue weighted by Gasteiger charge is -1.74. The van der Waals surface area contributed by atoms with E-state index in [2.05, 4.69) is 6.58 Å². The van der Waals surface area contributed by atoms with Crippen molar-refractivity contribution >= 4 is 12.3 Å². The van der Waals surface area contributed by atoms with Gasteiger partial charge in [-0.05, 0) is 6.92 Å². The van der Waals surface area contributed by atoms with E-state index in [-0.39, 0.29) is 0 Å². The van der Waals surface area contributed by atoms with E-state index in [1.807, 2.05) is 0 Å². The minimum atomic E-state index is 0.519. The van der Waals surface area contributed by atoms with E-state index < -0.39 is 0 Å². The van der Waals surface area contributed by atoms with Crippen LogP contribution in [-0.4, -0.2) is 0 Å². The molecule has 0 aromatic heterocycles. The van der Waals surface area contributed by atoms with E-state index in [1.54, 1.807) is 6.92 Å². The quantitative estimate of drug-likeness (QED) is 0.419. The Morgan fingerprint density at radius 2 is 2.12 bits per heavy atom. The van der Waals surface area contributed by atoms with E-state index in [0.717, 1.165) is 10.4 Å². The lowest BCUT2D eigenvalue weighted by molar-refractivity contribution is 1.34. The van der Waals surface area contributed by atoms with Gasteiger partial charge in [-0.3, -0.25) is 5.41 Å². The third-order valence-electron chi connectivity index (χ3n) is 1.19. The van der Waals surface area contributed by atoms with Gasteiger partial charge in [0.05, 0.1) is 5.36 Å². The highest BCUT2D eigenvalue weighted by Crippen LogP contribution is 1.65. The second-order valence-corrected chi connectivity index (χ2v) is 1.91. The Morgan fingerprint density at radius 1 is 1.75 bits per heavy atom. The zero-order chi connectivity index (χ0) is 6.31. The summed E-state index contributed by atoms with van der Waals surface area (Å²) in [6.45, 7) is 5.37. The maximum Gasteiger partial charge on any atom is 0.0709 e. The van der Waals surface area contributed by atoms with E-state index >= 15 is 0 Å². The SMILES string of the molecule is C=c1c(=N)c1=C(C)N. The van der Waals surface area contributed by atoms with Crippen LogP contribution in [0.5, 0.6) is 0 Å². The molecular weight excluding hydrogens is 100 g/mol. The van der Waals surface area contributed by atoms with Gasteiger partial charge in [-0.25, -0.2) is 0 Å². The Bertz CT molecular complexity index is 283. The molecule has 0 aliphatic carbocycles. The summed E-state index contributed by atoms with van der Waals surface area (Å²) < 4.78 is 0. The first-order valence-corrected chi connectivity index (χ1v) is 2.39. The molecule has 2 heteroatoms. The minimum Gasteiger partial charge on any atom is -0.402 e. The van der Waals surface area contributed by atoms with Crippen molar-refractivity contribution in [2.45, 2.75) is 6.92 Å². The molecule has 0 radical (unpaired) electrons. The van der Waals surface area contributed by atoms with Gasteiger partial charge in [0.25, 0.3) is 0 Å². The van der Waals surface area contributed by atoms with Gasteiger partial charge < -0.3 is 5.73 Å². The second kappa shape index (κ2) is 1.22. The van der Waals surface area contributed by atoms with Crippen LogP contribution in [0.2, 0.25) is 0 Å². The van der Waals surface area contributed by atoms with Crippen LogP contribution in [0.1, 0.15) is 6.92 Å². The van der Waals surface area contributed by atoms with Crippen molar-refractivity contribution in [2.75, 3.05) is 0 Å². The molecule has 0 fully saturated rings. The summed E-state index contributed by atoms with van der Waals surface area (Å²) in [5.74, 6) is 0. The molecule has 0 saturated heterocycles. The van der Waals surface area contributed by atoms with Gasteiger partial charge in [0.15, 0.2) is 0 Å². The van der Waals surface area contributed by atoms with E-state index in [0.29, 0.717) is 11.1 Å². The average Bonchev–Trinajstić information content (AvgIpc) is 2.15. The average molecular weight is 108 g/mol. The Balaban J connectivity index is 3.57.